The van der Waals surface area contributed by atoms with E-state index in [4.69, 9.17) is 14.9 Å². The van der Waals surface area contributed by atoms with Gasteiger partial charge in [-0.25, -0.2) is 4.98 Å². The van der Waals surface area contributed by atoms with E-state index in [1.165, 1.54) is 0 Å². The quantitative estimate of drug-likeness (QED) is 0.778. The number of hydrogen-bond acceptors (Lipinski definition) is 8. The molecule has 0 saturated carbocycles. The van der Waals surface area contributed by atoms with Crippen LogP contribution in [0, 0.1) is 6.92 Å². The Morgan fingerprint density at radius 2 is 2.08 bits per heavy atom. The maximum absolute atomic E-state index is 6.12. The predicted octanol–water partition coefficient (Wildman–Crippen LogP) is 1.87. The van der Waals surface area contributed by atoms with E-state index < -0.39 is 0 Å². The summed E-state index contributed by atoms with van der Waals surface area (Å²) >= 11 is 0. The van der Waals surface area contributed by atoms with Crippen LogP contribution in [0.25, 0.3) is 10.9 Å². The van der Waals surface area contributed by atoms with Crippen molar-refractivity contribution >= 4 is 22.7 Å². The van der Waals surface area contributed by atoms with E-state index in [9.17, 15) is 0 Å². The number of para-hydroxylation sites is 1. The van der Waals surface area contributed by atoms with E-state index in [-0.39, 0.29) is 12.1 Å². The summed E-state index contributed by atoms with van der Waals surface area (Å²) in [6.45, 7) is 2.41. The fraction of sp³-hybridized carbons (Fsp3) is 0.375. The molecule has 0 spiro atoms. The van der Waals surface area contributed by atoms with Gasteiger partial charge >= 0.3 is 0 Å². The summed E-state index contributed by atoms with van der Waals surface area (Å²) in [5, 5.41) is 8.93. The molecule has 1 aromatic carbocycles. The third-order valence-electron chi connectivity index (χ3n) is 4.30. The first kappa shape index (κ1) is 14.8. The Labute approximate surface area is 138 Å². The molecule has 24 heavy (non-hydrogen) atoms. The van der Waals surface area contributed by atoms with E-state index in [0.29, 0.717) is 30.1 Å². The van der Waals surface area contributed by atoms with Crippen molar-refractivity contribution in [2.24, 2.45) is 0 Å². The number of nitrogens with two attached hydrogens (primary N) is 1. The number of ether oxygens (including phenoxy) is 1. The molecule has 2 aromatic heterocycles. The average Bonchev–Trinajstić information content (AvgIpc) is 3.20. The topological polar surface area (TPSA) is 103 Å². The number of nitrogen functional groups attached to an aromatic ring is 1. The molecule has 2 N–H and O–H groups in total. The second kappa shape index (κ2) is 5.72. The minimum Gasteiger partial charge on any atom is -0.423 e. The van der Waals surface area contributed by atoms with Crippen LogP contribution in [-0.2, 0) is 4.74 Å². The van der Waals surface area contributed by atoms with Crippen molar-refractivity contribution < 1.29 is 9.15 Å². The number of nitrogens with zero attached hydrogens (tertiary/aromatic N) is 5. The van der Waals surface area contributed by atoms with Gasteiger partial charge in [-0.2, -0.15) is 4.98 Å². The normalized spacial score (nSPS) is 20.8. The van der Waals surface area contributed by atoms with Gasteiger partial charge in [-0.3, -0.25) is 0 Å². The number of rotatable bonds is 3. The van der Waals surface area contributed by atoms with Gasteiger partial charge in [0.1, 0.15) is 11.9 Å². The molecule has 3 heterocycles. The Hall–Kier alpha value is -2.74. The highest BCUT2D eigenvalue weighted by atomic mass is 16.5. The van der Waals surface area contributed by atoms with Crippen LogP contribution in [0.2, 0.25) is 0 Å². The lowest BCUT2D eigenvalue weighted by Gasteiger charge is -2.22. The van der Waals surface area contributed by atoms with Crippen molar-refractivity contribution in [2.75, 3.05) is 24.3 Å². The molecule has 0 radical (unpaired) electrons. The summed E-state index contributed by atoms with van der Waals surface area (Å²) in [4.78, 5) is 11.2. The van der Waals surface area contributed by atoms with Crippen LogP contribution in [-0.4, -0.2) is 39.9 Å². The van der Waals surface area contributed by atoms with Crippen molar-refractivity contribution in [1.82, 2.24) is 20.2 Å². The van der Waals surface area contributed by atoms with E-state index in [2.05, 4.69) is 20.2 Å². The van der Waals surface area contributed by atoms with Gasteiger partial charge in [0.25, 0.3) is 0 Å². The van der Waals surface area contributed by atoms with Gasteiger partial charge in [-0.1, -0.05) is 12.1 Å². The number of methoxy groups -OCH3 is 1. The summed E-state index contributed by atoms with van der Waals surface area (Å²) < 4.78 is 11.1. The molecule has 8 heteroatoms. The highest BCUT2D eigenvalue weighted by Crippen LogP contribution is 2.36. The van der Waals surface area contributed by atoms with Crippen LogP contribution >= 0.6 is 0 Å². The summed E-state index contributed by atoms with van der Waals surface area (Å²) in [5.74, 6) is 2.08. The molecule has 1 saturated heterocycles. The van der Waals surface area contributed by atoms with Gasteiger partial charge in [0.2, 0.25) is 17.7 Å². The molecule has 4 rings (SSSR count). The fourth-order valence-corrected chi connectivity index (χ4v) is 3.09. The van der Waals surface area contributed by atoms with Gasteiger partial charge in [0.15, 0.2) is 0 Å². The van der Waals surface area contributed by atoms with E-state index in [1.807, 2.05) is 29.2 Å². The molecule has 1 aliphatic rings. The third kappa shape index (κ3) is 2.44. The molecular formula is C16H18N6O2. The number of aromatic nitrogens is 4. The van der Waals surface area contributed by atoms with Crippen molar-refractivity contribution in [2.45, 2.75) is 25.5 Å². The summed E-state index contributed by atoms with van der Waals surface area (Å²) in [6, 6.07) is 7.56. The highest BCUT2D eigenvalue weighted by Gasteiger charge is 2.38. The van der Waals surface area contributed by atoms with Crippen LogP contribution in [0.4, 0.5) is 11.8 Å². The second-order valence-electron chi connectivity index (χ2n) is 5.85. The molecule has 0 bridgehead atoms. The minimum atomic E-state index is -0.128. The fourth-order valence-electron chi connectivity index (χ4n) is 3.09. The van der Waals surface area contributed by atoms with Crippen LogP contribution < -0.4 is 10.6 Å². The number of anilines is 2. The smallest absolute Gasteiger partial charge is 0.239 e. The maximum Gasteiger partial charge on any atom is 0.239 e. The first-order valence-corrected chi connectivity index (χ1v) is 7.77. The Kier molecular flexibility index (Phi) is 3.53. The Morgan fingerprint density at radius 1 is 1.25 bits per heavy atom. The van der Waals surface area contributed by atoms with E-state index in [0.717, 1.165) is 17.3 Å². The van der Waals surface area contributed by atoms with Crippen molar-refractivity contribution in [3.8, 4) is 0 Å². The average molecular weight is 326 g/mol. The SMILES string of the molecule is CO[C@@H]1C[C@H](c2nnc(C)o2)N(c2nc(N)c3ccccc3n2)C1. The monoisotopic (exact) mass is 326 g/mol. The Balaban J connectivity index is 1.77. The first-order chi connectivity index (χ1) is 11.7. The highest BCUT2D eigenvalue weighted by molar-refractivity contribution is 5.88. The number of fused-ring (bicyclic) bond motifs is 1. The Bertz CT molecular complexity index is 880. The minimum absolute atomic E-state index is 0.0403. The van der Waals surface area contributed by atoms with Gasteiger partial charge in [0.05, 0.1) is 11.6 Å². The number of hydrogen-bond donors (Lipinski definition) is 1. The lowest BCUT2D eigenvalue weighted by Crippen LogP contribution is -2.27. The van der Waals surface area contributed by atoms with Crippen LogP contribution in [0.1, 0.15) is 24.2 Å². The van der Waals surface area contributed by atoms with Gasteiger partial charge in [-0.05, 0) is 12.1 Å². The van der Waals surface area contributed by atoms with Crippen molar-refractivity contribution in [1.29, 1.82) is 0 Å². The summed E-state index contributed by atoms with van der Waals surface area (Å²) in [7, 11) is 1.69. The largest absolute Gasteiger partial charge is 0.423 e. The van der Waals surface area contributed by atoms with E-state index in [1.54, 1.807) is 14.0 Å². The molecule has 1 fully saturated rings. The molecule has 0 unspecified atom stereocenters. The third-order valence-corrected chi connectivity index (χ3v) is 4.30. The standard InChI is InChI=1S/C16H18N6O2/c1-9-20-21-15(24-9)13-7-10(23-2)8-22(13)16-18-12-6-4-3-5-11(12)14(17)19-16/h3-6,10,13H,7-8H2,1-2H3,(H2,17,18,19)/t10-,13-/m1/s1. The van der Waals surface area contributed by atoms with Crippen molar-refractivity contribution in [3.05, 3.63) is 36.0 Å². The molecule has 0 aliphatic carbocycles. The number of benzene rings is 1. The molecule has 0 amide bonds. The molecule has 8 nitrogen and oxygen atoms in total. The van der Waals surface area contributed by atoms with Gasteiger partial charge in [0, 0.05) is 32.4 Å². The summed E-state index contributed by atoms with van der Waals surface area (Å²) in [5.41, 5.74) is 6.93. The zero-order chi connectivity index (χ0) is 16.7. The van der Waals surface area contributed by atoms with Gasteiger partial charge in [-0.15, -0.1) is 10.2 Å². The zero-order valence-corrected chi connectivity index (χ0v) is 13.5. The Morgan fingerprint density at radius 3 is 2.83 bits per heavy atom. The van der Waals surface area contributed by atoms with Crippen molar-refractivity contribution in [3.63, 3.8) is 0 Å². The van der Waals surface area contributed by atoms with Crippen LogP contribution in [0.5, 0.6) is 0 Å². The second-order valence-corrected chi connectivity index (χ2v) is 5.85. The van der Waals surface area contributed by atoms with Crippen LogP contribution in [0.3, 0.4) is 0 Å². The van der Waals surface area contributed by atoms with Crippen LogP contribution in [0.15, 0.2) is 28.7 Å². The molecular weight excluding hydrogens is 308 g/mol. The summed E-state index contributed by atoms with van der Waals surface area (Å²) in [6.07, 6.45) is 0.771. The molecule has 3 aromatic rings. The lowest BCUT2D eigenvalue weighted by molar-refractivity contribution is 0.117. The number of aryl methyl sites for hydroxylation is 1. The van der Waals surface area contributed by atoms with Gasteiger partial charge < -0.3 is 19.8 Å². The first-order valence-electron chi connectivity index (χ1n) is 7.77. The predicted molar refractivity (Wildman–Crippen MR) is 88.5 cm³/mol. The zero-order valence-electron chi connectivity index (χ0n) is 13.5. The maximum atomic E-state index is 6.12. The lowest BCUT2D eigenvalue weighted by atomic mass is 10.2. The molecule has 2 atom stereocenters. The molecule has 124 valence electrons. The van der Waals surface area contributed by atoms with E-state index >= 15 is 0 Å². The molecule has 1 aliphatic heterocycles.